The second-order valence-corrected chi connectivity index (χ2v) is 7.69. The molecule has 1 saturated heterocycles. The van der Waals surface area contributed by atoms with Gasteiger partial charge in [0.15, 0.2) is 0 Å². The average Bonchev–Trinajstić information content (AvgIpc) is 2.53. The highest BCUT2D eigenvalue weighted by molar-refractivity contribution is 7.98. The highest BCUT2D eigenvalue weighted by Crippen LogP contribution is 2.18. The maximum Gasteiger partial charge on any atom is 0.321 e. The van der Waals surface area contributed by atoms with Crippen molar-refractivity contribution in [1.29, 1.82) is 0 Å². The molecule has 4 nitrogen and oxygen atoms in total. The summed E-state index contributed by atoms with van der Waals surface area (Å²) >= 11 is 1.89. The lowest BCUT2D eigenvalue weighted by Gasteiger charge is -2.32. The highest BCUT2D eigenvalue weighted by atomic mass is 32.2. The third kappa shape index (κ3) is 6.07. The van der Waals surface area contributed by atoms with Crippen LogP contribution in [0.15, 0.2) is 24.3 Å². The van der Waals surface area contributed by atoms with Gasteiger partial charge in [-0.05, 0) is 55.8 Å². The zero-order chi connectivity index (χ0) is 16.7. The van der Waals surface area contributed by atoms with E-state index in [4.69, 9.17) is 0 Å². The van der Waals surface area contributed by atoms with E-state index in [2.05, 4.69) is 36.3 Å². The first kappa shape index (κ1) is 18.1. The minimum Gasteiger partial charge on any atom is -0.327 e. The number of nitrogens with one attached hydrogen (secondary N) is 1. The normalized spacial score (nSPS) is 18.7. The molecule has 128 valence electrons. The molecule has 2 rings (SSSR count). The second-order valence-electron chi connectivity index (χ2n) is 6.42. The molecule has 1 N–H and O–H groups in total. The fourth-order valence-corrected chi connectivity index (χ4v) is 3.69. The van der Waals surface area contributed by atoms with Crippen LogP contribution >= 0.6 is 11.8 Å². The van der Waals surface area contributed by atoms with Gasteiger partial charge in [0, 0.05) is 31.6 Å². The van der Waals surface area contributed by atoms with Crippen LogP contribution in [-0.2, 0) is 5.75 Å². The summed E-state index contributed by atoms with van der Waals surface area (Å²) in [7, 11) is 4.05. The van der Waals surface area contributed by atoms with Crippen molar-refractivity contribution in [3.8, 4) is 0 Å². The summed E-state index contributed by atoms with van der Waals surface area (Å²) in [5, 5.41) is 3.02. The number of nitrogens with zero attached hydrogens (tertiary/aromatic N) is 2. The zero-order valence-electron chi connectivity index (χ0n) is 14.5. The number of urea groups is 1. The zero-order valence-corrected chi connectivity index (χ0v) is 15.4. The average molecular weight is 336 g/mol. The molecule has 0 aliphatic carbocycles. The van der Waals surface area contributed by atoms with Gasteiger partial charge in [-0.3, -0.25) is 0 Å². The quantitative estimate of drug-likeness (QED) is 0.860. The van der Waals surface area contributed by atoms with E-state index in [-0.39, 0.29) is 6.03 Å². The van der Waals surface area contributed by atoms with Crippen LogP contribution in [0.5, 0.6) is 0 Å². The van der Waals surface area contributed by atoms with Gasteiger partial charge < -0.3 is 15.1 Å². The van der Waals surface area contributed by atoms with Gasteiger partial charge in [-0.2, -0.15) is 11.8 Å². The number of piperidine rings is 1. The number of carbonyl (C=O) groups excluding carboxylic acids is 1. The van der Waals surface area contributed by atoms with Gasteiger partial charge in [-0.25, -0.2) is 4.79 Å². The van der Waals surface area contributed by atoms with Gasteiger partial charge in [0.2, 0.25) is 0 Å². The van der Waals surface area contributed by atoms with Crippen LogP contribution in [0, 0.1) is 5.92 Å². The minimum absolute atomic E-state index is 0.0153. The Balaban J connectivity index is 1.85. The number of rotatable bonds is 6. The minimum atomic E-state index is -0.0153. The summed E-state index contributed by atoms with van der Waals surface area (Å²) in [5.41, 5.74) is 2.14. The molecule has 0 radical (unpaired) electrons. The van der Waals surface area contributed by atoms with Crippen LogP contribution in [0.3, 0.4) is 0 Å². The van der Waals surface area contributed by atoms with E-state index in [9.17, 15) is 4.79 Å². The van der Waals surface area contributed by atoms with Gasteiger partial charge in [-0.1, -0.05) is 19.1 Å². The van der Waals surface area contributed by atoms with Crippen LogP contribution in [0.25, 0.3) is 0 Å². The van der Waals surface area contributed by atoms with Crippen molar-refractivity contribution in [3.63, 3.8) is 0 Å². The predicted octanol–water partition coefficient (Wildman–Crippen LogP) is 3.75. The molecule has 0 unspecified atom stereocenters. The predicted molar refractivity (Wildman–Crippen MR) is 100 cm³/mol. The van der Waals surface area contributed by atoms with Crippen LogP contribution in [-0.4, -0.2) is 55.3 Å². The number of benzene rings is 1. The van der Waals surface area contributed by atoms with Crippen molar-refractivity contribution in [2.24, 2.45) is 5.92 Å². The molecule has 1 aliphatic rings. The fourth-order valence-electron chi connectivity index (χ4n) is 3.07. The maximum absolute atomic E-state index is 12.4. The van der Waals surface area contributed by atoms with Crippen molar-refractivity contribution >= 4 is 23.5 Å². The Bertz CT molecular complexity index is 509. The first-order valence-electron chi connectivity index (χ1n) is 8.45. The molecule has 1 atom stereocenters. The standard InChI is InChI=1S/C18H29N3OS/c1-4-23-14-15-7-5-9-17(11-15)19-18(22)21(3)13-16-8-6-10-20(2)12-16/h5,7,9,11,16H,4,6,8,10,12-14H2,1-3H3,(H,19,22)/t16-/m1/s1. The Morgan fingerprint density at radius 2 is 2.30 bits per heavy atom. The lowest BCUT2D eigenvalue weighted by molar-refractivity contribution is 0.170. The SMILES string of the molecule is CCSCc1cccc(NC(=O)N(C)C[C@@H]2CCCN(C)C2)c1. The molecule has 2 amide bonds. The Morgan fingerprint density at radius 1 is 1.48 bits per heavy atom. The lowest BCUT2D eigenvalue weighted by Crippen LogP contribution is -2.41. The summed E-state index contributed by atoms with van der Waals surface area (Å²) in [6, 6.07) is 8.14. The number of hydrogen-bond donors (Lipinski definition) is 1. The van der Waals surface area contributed by atoms with E-state index >= 15 is 0 Å². The molecule has 1 fully saturated rings. The van der Waals surface area contributed by atoms with Crippen molar-refractivity contribution in [3.05, 3.63) is 29.8 Å². The summed E-state index contributed by atoms with van der Waals surface area (Å²) in [6.45, 7) is 5.24. The Kier molecular flexibility index (Phi) is 7.24. The van der Waals surface area contributed by atoms with Crippen molar-refractivity contribution in [2.45, 2.75) is 25.5 Å². The van der Waals surface area contributed by atoms with Gasteiger partial charge in [-0.15, -0.1) is 0 Å². The molecule has 5 heteroatoms. The van der Waals surface area contributed by atoms with Gasteiger partial charge in [0.1, 0.15) is 0 Å². The van der Waals surface area contributed by atoms with Crippen molar-refractivity contribution < 1.29 is 4.79 Å². The summed E-state index contributed by atoms with van der Waals surface area (Å²) < 4.78 is 0. The van der Waals surface area contributed by atoms with E-state index < -0.39 is 0 Å². The number of amides is 2. The molecule has 0 aromatic heterocycles. The van der Waals surface area contributed by atoms with Crippen LogP contribution < -0.4 is 5.32 Å². The Labute approximate surface area is 144 Å². The van der Waals surface area contributed by atoms with Gasteiger partial charge in [0.05, 0.1) is 0 Å². The molecule has 1 aliphatic heterocycles. The number of hydrogen-bond acceptors (Lipinski definition) is 3. The number of anilines is 1. The van der Waals surface area contributed by atoms with Crippen molar-refractivity contribution in [2.75, 3.05) is 44.8 Å². The summed E-state index contributed by atoms with van der Waals surface area (Å²) in [5.74, 6) is 2.68. The molecule has 1 aromatic rings. The molecule has 1 aromatic carbocycles. The molecule has 1 heterocycles. The third-order valence-electron chi connectivity index (χ3n) is 4.25. The lowest BCUT2D eigenvalue weighted by atomic mass is 9.98. The molecular formula is C18H29N3OS. The van der Waals surface area contributed by atoms with Gasteiger partial charge in [0.25, 0.3) is 0 Å². The number of carbonyl (C=O) groups is 1. The summed E-state index contributed by atoms with van der Waals surface area (Å²) in [6.07, 6.45) is 2.44. The second kappa shape index (κ2) is 9.18. The Morgan fingerprint density at radius 3 is 3.04 bits per heavy atom. The number of thioether (sulfide) groups is 1. The van der Waals surface area contributed by atoms with Crippen LogP contribution in [0.4, 0.5) is 10.5 Å². The highest BCUT2D eigenvalue weighted by Gasteiger charge is 2.20. The van der Waals surface area contributed by atoms with Crippen LogP contribution in [0.2, 0.25) is 0 Å². The monoisotopic (exact) mass is 335 g/mol. The van der Waals surface area contributed by atoms with E-state index in [1.54, 1.807) is 0 Å². The molecule has 0 bridgehead atoms. The first-order chi connectivity index (χ1) is 11.1. The Hall–Kier alpha value is -1.20. The molecule has 23 heavy (non-hydrogen) atoms. The molecule has 0 spiro atoms. The van der Waals surface area contributed by atoms with Crippen LogP contribution in [0.1, 0.15) is 25.3 Å². The van der Waals surface area contributed by atoms with E-state index in [1.807, 2.05) is 35.8 Å². The molecule has 0 saturated carbocycles. The van der Waals surface area contributed by atoms with Gasteiger partial charge >= 0.3 is 6.03 Å². The third-order valence-corrected chi connectivity index (χ3v) is 5.20. The number of likely N-dealkylation sites (tertiary alicyclic amines) is 1. The topological polar surface area (TPSA) is 35.6 Å². The van der Waals surface area contributed by atoms with Crippen molar-refractivity contribution in [1.82, 2.24) is 9.80 Å². The van der Waals surface area contributed by atoms with E-state index in [0.29, 0.717) is 5.92 Å². The smallest absolute Gasteiger partial charge is 0.321 e. The fraction of sp³-hybridized carbons (Fsp3) is 0.611. The van der Waals surface area contributed by atoms with E-state index in [1.165, 1.54) is 24.9 Å². The largest absolute Gasteiger partial charge is 0.327 e. The van der Waals surface area contributed by atoms with E-state index in [0.717, 1.165) is 30.3 Å². The maximum atomic E-state index is 12.4. The first-order valence-corrected chi connectivity index (χ1v) is 9.61. The summed E-state index contributed by atoms with van der Waals surface area (Å²) in [4.78, 5) is 16.6. The molecular weight excluding hydrogens is 306 g/mol.